The molecule has 1 aliphatic rings. The van der Waals surface area contributed by atoms with Crippen molar-refractivity contribution < 1.29 is 28.6 Å². The Bertz CT molecular complexity index is 1870. The first kappa shape index (κ1) is 34.3. The molecule has 4 aromatic rings. The fourth-order valence-corrected chi connectivity index (χ4v) is 4.74. The van der Waals surface area contributed by atoms with E-state index >= 15 is 0 Å². The molecule has 5 rings (SSSR count). The molecule has 0 bridgehead atoms. The average Bonchev–Trinajstić information content (AvgIpc) is 3.93. The highest BCUT2D eigenvalue weighted by atomic mass is 16.6. The highest BCUT2D eigenvalue weighted by Crippen LogP contribution is 2.26. The van der Waals surface area contributed by atoms with Gasteiger partial charge in [0.25, 0.3) is 5.56 Å². The molecule has 1 aromatic heterocycles. The van der Waals surface area contributed by atoms with Crippen LogP contribution in [0.25, 0.3) is 11.3 Å². The molecule has 1 heterocycles. The number of carbonyl (C=O) groups is 3. The van der Waals surface area contributed by atoms with E-state index in [-0.39, 0.29) is 67.6 Å². The molecular formula is C35H37N7O7. The first-order valence-electron chi connectivity index (χ1n) is 15.6. The maximum atomic E-state index is 13.6. The van der Waals surface area contributed by atoms with Crippen LogP contribution in [-0.4, -0.2) is 59.7 Å². The summed E-state index contributed by atoms with van der Waals surface area (Å²) >= 11 is 0. The van der Waals surface area contributed by atoms with Crippen LogP contribution in [-0.2, 0) is 38.7 Å². The fourth-order valence-electron chi connectivity index (χ4n) is 4.74. The van der Waals surface area contributed by atoms with E-state index < -0.39 is 23.5 Å². The third-order valence-corrected chi connectivity index (χ3v) is 7.45. The van der Waals surface area contributed by atoms with Gasteiger partial charge in [-0.2, -0.15) is 0 Å². The molecule has 1 aliphatic carbocycles. The zero-order valence-electron chi connectivity index (χ0n) is 26.9. The molecule has 2 amide bonds. The first-order chi connectivity index (χ1) is 23.7. The lowest BCUT2D eigenvalue weighted by molar-refractivity contribution is -0.121. The minimum atomic E-state index is -0.747. The second-order valence-electron chi connectivity index (χ2n) is 11.3. The zero-order chi connectivity index (χ0) is 34.8. The normalized spacial score (nSPS) is 12.1. The third kappa shape index (κ3) is 9.74. The van der Waals surface area contributed by atoms with Crippen LogP contribution in [0.1, 0.15) is 39.9 Å². The Morgan fingerprint density at radius 1 is 0.959 bits per heavy atom. The maximum Gasteiger partial charge on any atom is 0.413 e. The van der Waals surface area contributed by atoms with Crippen molar-refractivity contribution in [2.24, 2.45) is 0 Å². The number of amidine groups is 1. The van der Waals surface area contributed by atoms with Crippen molar-refractivity contribution in [3.63, 3.8) is 0 Å². The Hall–Kier alpha value is -6.02. The fraction of sp³-hybridized carbons (Fsp3) is 0.257. The average molecular weight is 668 g/mol. The van der Waals surface area contributed by atoms with Crippen molar-refractivity contribution in [2.45, 2.75) is 38.6 Å². The van der Waals surface area contributed by atoms with Gasteiger partial charge in [0.2, 0.25) is 5.91 Å². The van der Waals surface area contributed by atoms with E-state index in [1.54, 1.807) is 30.3 Å². The predicted octanol–water partition coefficient (Wildman–Crippen LogP) is 3.44. The van der Waals surface area contributed by atoms with Crippen molar-refractivity contribution in [1.29, 1.82) is 5.41 Å². The van der Waals surface area contributed by atoms with Gasteiger partial charge in [-0.1, -0.05) is 54.6 Å². The van der Waals surface area contributed by atoms with Crippen LogP contribution >= 0.6 is 0 Å². The van der Waals surface area contributed by atoms with Gasteiger partial charge in [0.15, 0.2) is 5.82 Å². The number of nitrogens with two attached hydrogens (primary N) is 1. The smallest absolute Gasteiger partial charge is 0.413 e. The van der Waals surface area contributed by atoms with E-state index in [4.69, 9.17) is 25.4 Å². The highest BCUT2D eigenvalue weighted by molar-refractivity contribution is 6.04. The third-order valence-electron chi connectivity index (χ3n) is 7.45. The molecule has 14 nitrogen and oxygen atoms in total. The van der Waals surface area contributed by atoms with E-state index in [0.29, 0.717) is 11.1 Å². The number of aromatic nitrogens is 2. The standard InChI is InChI=1S/C35H37N7O7/c1-47-13-14-48-34(45)26-15-25(16-27(36)17-26)29-19-39-32(40-28-11-12-28)33(44)42(29)20-30(43)38-18-22-7-9-24(10-8-22)31(37)41-35(46)49-21-23-5-3-2-4-6-23/h2-10,15-17,19,28H,11-14,18,20-21,36H2,1H3,(H,38,43)(H,39,40)(H2,37,41,46). The van der Waals surface area contributed by atoms with E-state index in [1.807, 2.05) is 30.3 Å². The topological polar surface area (TPSA) is 200 Å². The molecule has 0 aliphatic heterocycles. The van der Waals surface area contributed by atoms with Gasteiger partial charge in [-0.05, 0) is 42.2 Å². The number of hydrogen-bond donors (Lipinski definition) is 5. The molecule has 14 heteroatoms. The Morgan fingerprint density at radius 2 is 1.71 bits per heavy atom. The van der Waals surface area contributed by atoms with Gasteiger partial charge in [-0.3, -0.25) is 24.9 Å². The number of nitrogen functional groups attached to an aromatic ring is 1. The summed E-state index contributed by atoms with van der Waals surface area (Å²) in [6.45, 7) is 0.160. The summed E-state index contributed by atoms with van der Waals surface area (Å²) in [5.41, 5.74) is 8.74. The molecule has 49 heavy (non-hydrogen) atoms. The van der Waals surface area contributed by atoms with Gasteiger partial charge in [0, 0.05) is 36.5 Å². The molecule has 0 spiro atoms. The lowest BCUT2D eigenvalue weighted by Crippen LogP contribution is -2.34. The molecule has 3 aromatic carbocycles. The van der Waals surface area contributed by atoms with Crippen LogP contribution in [0.15, 0.2) is 83.8 Å². The Labute approximate surface area is 282 Å². The molecule has 0 radical (unpaired) electrons. The Morgan fingerprint density at radius 3 is 2.43 bits per heavy atom. The number of anilines is 2. The predicted molar refractivity (Wildman–Crippen MR) is 182 cm³/mol. The van der Waals surface area contributed by atoms with Gasteiger partial charge >= 0.3 is 12.1 Å². The van der Waals surface area contributed by atoms with E-state index in [1.165, 1.54) is 30.0 Å². The second kappa shape index (κ2) is 16.2. The number of alkyl carbamates (subject to hydrolysis) is 1. The van der Waals surface area contributed by atoms with Gasteiger partial charge in [-0.25, -0.2) is 14.6 Å². The maximum absolute atomic E-state index is 13.6. The summed E-state index contributed by atoms with van der Waals surface area (Å²) in [5, 5.41) is 16.5. The van der Waals surface area contributed by atoms with Crippen molar-refractivity contribution in [1.82, 2.24) is 20.2 Å². The molecule has 1 fully saturated rings. The number of esters is 1. The zero-order valence-corrected chi connectivity index (χ0v) is 26.9. The number of benzene rings is 3. The number of rotatable bonds is 14. The lowest BCUT2D eigenvalue weighted by atomic mass is 10.1. The Balaban J connectivity index is 1.24. The van der Waals surface area contributed by atoms with Crippen molar-refractivity contribution in [3.05, 3.63) is 112 Å². The van der Waals surface area contributed by atoms with Gasteiger partial charge in [0.05, 0.1) is 24.1 Å². The quantitative estimate of drug-likeness (QED) is 0.0436. The summed E-state index contributed by atoms with van der Waals surface area (Å²) in [6, 6.07) is 20.6. The minimum Gasteiger partial charge on any atom is -0.460 e. The number of nitrogens with zero attached hydrogens (tertiary/aromatic N) is 2. The summed E-state index contributed by atoms with van der Waals surface area (Å²) < 4.78 is 16.6. The molecule has 0 saturated heterocycles. The molecule has 6 N–H and O–H groups in total. The summed E-state index contributed by atoms with van der Waals surface area (Å²) in [5.74, 6) is -1.08. The number of ether oxygens (including phenoxy) is 3. The van der Waals surface area contributed by atoms with Gasteiger partial charge in [-0.15, -0.1) is 0 Å². The number of hydrogen-bond acceptors (Lipinski definition) is 11. The van der Waals surface area contributed by atoms with Crippen LogP contribution in [0.4, 0.5) is 16.3 Å². The molecule has 254 valence electrons. The molecular weight excluding hydrogens is 630 g/mol. The molecule has 1 saturated carbocycles. The van der Waals surface area contributed by atoms with Crippen LogP contribution < -0.4 is 27.2 Å². The SMILES string of the molecule is COCCOC(=O)c1cc(N)cc(-c2cnc(NC3CC3)c(=O)n2CC(=O)NCc2ccc(C(=N)NC(=O)OCc3ccccc3)cc2)c1. The largest absolute Gasteiger partial charge is 0.460 e. The monoisotopic (exact) mass is 667 g/mol. The van der Waals surface area contributed by atoms with Crippen LogP contribution in [0, 0.1) is 5.41 Å². The summed E-state index contributed by atoms with van der Waals surface area (Å²) in [7, 11) is 1.49. The summed E-state index contributed by atoms with van der Waals surface area (Å²) in [6.07, 6.45) is 2.55. The van der Waals surface area contributed by atoms with E-state index in [9.17, 15) is 19.2 Å². The summed E-state index contributed by atoms with van der Waals surface area (Å²) in [4.78, 5) is 55.9. The number of nitrogens with one attached hydrogen (secondary N) is 4. The van der Waals surface area contributed by atoms with E-state index in [0.717, 1.165) is 24.0 Å². The second-order valence-corrected chi connectivity index (χ2v) is 11.3. The molecule has 0 unspecified atom stereocenters. The number of methoxy groups -OCH3 is 1. The van der Waals surface area contributed by atoms with Crippen molar-refractivity contribution in [3.8, 4) is 11.3 Å². The van der Waals surface area contributed by atoms with Crippen molar-refractivity contribution in [2.75, 3.05) is 31.4 Å². The van der Waals surface area contributed by atoms with Crippen LogP contribution in [0.5, 0.6) is 0 Å². The minimum absolute atomic E-state index is 0.0550. The van der Waals surface area contributed by atoms with Crippen LogP contribution in [0.3, 0.4) is 0 Å². The van der Waals surface area contributed by atoms with Gasteiger partial charge < -0.3 is 30.6 Å². The van der Waals surface area contributed by atoms with Crippen molar-refractivity contribution >= 4 is 35.3 Å². The Kier molecular flexibility index (Phi) is 11.3. The molecule has 0 atom stereocenters. The highest BCUT2D eigenvalue weighted by Gasteiger charge is 2.24. The van der Waals surface area contributed by atoms with Gasteiger partial charge in [0.1, 0.15) is 25.6 Å². The number of amides is 2. The van der Waals surface area contributed by atoms with Crippen LogP contribution in [0.2, 0.25) is 0 Å². The lowest BCUT2D eigenvalue weighted by Gasteiger charge is -2.16. The van der Waals surface area contributed by atoms with E-state index in [2.05, 4.69) is 20.9 Å². The number of carbonyl (C=O) groups excluding carboxylic acids is 3. The first-order valence-corrected chi connectivity index (χ1v) is 15.6.